The molecule has 0 bridgehead atoms. The fourth-order valence-corrected chi connectivity index (χ4v) is 6.21. The van der Waals surface area contributed by atoms with Gasteiger partial charge in [0, 0.05) is 49.9 Å². The molecule has 1 aromatic heterocycles. The van der Waals surface area contributed by atoms with Crippen molar-refractivity contribution in [2.75, 3.05) is 69.5 Å². The number of methoxy groups -OCH3 is 1. The van der Waals surface area contributed by atoms with Gasteiger partial charge in [-0.1, -0.05) is 20.8 Å². The van der Waals surface area contributed by atoms with Gasteiger partial charge < -0.3 is 40.7 Å². The molecule has 3 unspecified atom stereocenters. The first kappa shape index (κ1) is 35.7. The Bertz CT molecular complexity index is 1690. The van der Waals surface area contributed by atoms with Gasteiger partial charge in [-0.3, -0.25) is 14.4 Å². The van der Waals surface area contributed by atoms with E-state index in [4.69, 9.17) is 4.74 Å². The first-order valence-corrected chi connectivity index (χ1v) is 16.7. The Morgan fingerprint density at radius 2 is 1.78 bits per heavy atom. The zero-order chi connectivity index (χ0) is 35.5. The summed E-state index contributed by atoms with van der Waals surface area (Å²) in [6.07, 6.45) is 2.51. The number of benzene rings is 2. The Balaban J connectivity index is 1.37. The zero-order valence-electron chi connectivity index (χ0n) is 29.4. The standard InChI is InChI=1S/C35H48FN9O4/c1-21(37-5)32(46)42-30(35(2,3)4)34(48)45-12-8-9-28(45)33(47)41-26-18-23-25(19-29(26)49-7)38-20-39-31(23)40-22-10-11-27(24(36)17-22)44-15-13-43(6)14-16-44/h10-11,17-21,28,30,37H,8-9,12-16H2,1-7H3,(H,41,47)(H,42,46)(H,38,39,40). The Hall–Kier alpha value is -4.56. The van der Waals surface area contributed by atoms with E-state index in [-0.39, 0.29) is 23.5 Å². The summed E-state index contributed by atoms with van der Waals surface area (Å²) in [6.45, 7) is 11.0. The topological polar surface area (TPSA) is 144 Å². The average Bonchev–Trinajstić information content (AvgIpc) is 3.57. The van der Waals surface area contributed by atoms with Gasteiger partial charge in [0.2, 0.25) is 17.7 Å². The molecule has 3 heterocycles. The van der Waals surface area contributed by atoms with Crippen LogP contribution in [0.3, 0.4) is 0 Å². The fourth-order valence-electron chi connectivity index (χ4n) is 6.21. The minimum Gasteiger partial charge on any atom is -0.494 e. The van der Waals surface area contributed by atoms with Crippen LogP contribution < -0.4 is 30.9 Å². The van der Waals surface area contributed by atoms with Gasteiger partial charge >= 0.3 is 0 Å². The van der Waals surface area contributed by atoms with E-state index in [1.54, 1.807) is 37.1 Å². The number of nitrogens with zero attached hydrogens (tertiary/aromatic N) is 5. The molecule has 2 saturated heterocycles. The van der Waals surface area contributed by atoms with E-state index in [9.17, 15) is 14.4 Å². The van der Waals surface area contributed by atoms with Crippen molar-refractivity contribution < 1.29 is 23.5 Å². The Morgan fingerprint density at radius 3 is 2.43 bits per heavy atom. The second-order valence-corrected chi connectivity index (χ2v) is 13.9. The first-order chi connectivity index (χ1) is 23.3. The molecule has 264 valence electrons. The van der Waals surface area contributed by atoms with Crippen LogP contribution in [0.1, 0.15) is 40.5 Å². The van der Waals surface area contributed by atoms with Crippen LogP contribution in [0.4, 0.5) is 27.3 Å². The van der Waals surface area contributed by atoms with E-state index in [2.05, 4.69) is 43.2 Å². The quantitative estimate of drug-likeness (QED) is 0.252. The van der Waals surface area contributed by atoms with Crippen molar-refractivity contribution in [1.82, 2.24) is 30.4 Å². The molecule has 2 aromatic carbocycles. The number of carbonyl (C=O) groups is 3. The molecule has 2 aliphatic rings. The van der Waals surface area contributed by atoms with Crippen LogP contribution in [0, 0.1) is 11.2 Å². The number of aromatic nitrogens is 2. The number of hydrogen-bond donors (Lipinski definition) is 4. The second-order valence-electron chi connectivity index (χ2n) is 13.9. The minimum atomic E-state index is -0.828. The number of carbonyl (C=O) groups excluding carboxylic acids is 3. The van der Waals surface area contributed by atoms with Gasteiger partial charge in [-0.15, -0.1) is 0 Å². The van der Waals surface area contributed by atoms with Crippen LogP contribution >= 0.6 is 0 Å². The number of amides is 3. The van der Waals surface area contributed by atoms with Crippen LogP contribution in [0.25, 0.3) is 10.9 Å². The number of likely N-dealkylation sites (tertiary alicyclic amines) is 1. The van der Waals surface area contributed by atoms with Crippen molar-refractivity contribution in [3.63, 3.8) is 0 Å². The lowest BCUT2D eigenvalue weighted by atomic mass is 9.85. The number of hydrogen-bond acceptors (Lipinski definition) is 10. The summed E-state index contributed by atoms with van der Waals surface area (Å²) in [7, 11) is 5.23. The second kappa shape index (κ2) is 14.9. The predicted molar refractivity (Wildman–Crippen MR) is 189 cm³/mol. The first-order valence-electron chi connectivity index (χ1n) is 16.7. The number of ether oxygens (including phenoxy) is 1. The summed E-state index contributed by atoms with van der Waals surface area (Å²) < 4.78 is 20.9. The molecular weight excluding hydrogens is 629 g/mol. The molecule has 3 amide bonds. The van der Waals surface area contributed by atoms with E-state index in [1.807, 2.05) is 31.7 Å². The van der Waals surface area contributed by atoms with Crippen LogP contribution in [0.15, 0.2) is 36.7 Å². The molecule has 0 aliphatic carbocycles. The highest BCUT2D eigenvalue weighted by molar-refractivity contribution is 6.03. The zero-order valence-corrected chi connectivity index (χ0v) is 29.4. The fraction of sp³-hybridized carbons (Fsp3) is 0.514. The van der Waals surface area contributed by atoms with Gasteiger partial charge in [0.05, 0.1) is 30.0 Å². The molecule has 0 radical (unpaired) electrons. The molecule has 2 aliphatic heterocycles. The van der Waals surface area contributed by atoms with E-state index in [0.717, 1.165) is 26.2 Å². The summed E-state index contributed by atoms with van der Waals surface area (Å²) in [6, 6.07) is 6.38. The molecule has 0 saturated carbocycles. The number of rotatable bonds is 10. The predicted octanol–water partition coefficient (Wildman–Crippen LogP) is 3.34. The number of halogens is 1. The maximum atomic E-state index is 15.3. The van der Waals surface area contributed by atoms with Crippen LogP contribution in [0.2, 0.25) is 0 Å². The molecule has 3 atom stereocenters. The lowest BCUT2D eigenvalue weighted by molar-refractivity contribution is -0.143. The van der Waals surface area contributed by atoms with E-state index in [0.29, 0.717) is 58.9 Å². The Morgan fingerprint density at radius 1 is 1.04 bits per heavy atom. The maximum absolute atomic E-state index is 15.3. The third-order valence-electron chi connectivity index (χ3n) is 9.33. The summed E-state index contributed by atoms with van der Waals surface area (Å²) in [5.41, 5.74) is 1.41. The largest absolute Gasteiger partial charge is 0.494 e. The van der Waals surface area contributed by atoms with Crippen LogP contribution in [0.5, 0.6) is 5.75 Å². The van der Waals surface area contributed by atoms with Gasteiger partial charge in [0.1, 0.15) is 35.8 Å². The minimum absolute atomic E-state index is 0.294. The molecule has 3 aromatic rings. The molecule has 0 spiro atoms. The molecule has 14 heteroatoms. The maximum Gasteiger partial charge on any atom is 0.247 e. The number of piperazine rings is 1. The summed E-state index contributed by atoms with van der Waals surface area (Å²) >= 11 is 0. The van der Waals surface area contributed by atoms with Crippen molar-refractivity contribution in [3.8, 4) is 5.75 Å². The van der Waals surface area contributed by atoms with Gasteiger partial charge in [-0.2, -0.15) is 0 Å². The third-order valence-corrected chi connectivity index (χ3v) is 9.33. The summed E-state index contributed by atoms with van der Waals surface area (Å²) in [5, 5.41) is 12.5. The molecule has 13 nitrogen and oxygen atoms in total. The highest BCUT2D eigenvalue weighted by Gasteiger charge is 2.42. The van der Waals surface area contributed by atoms with E-state index in [1.165, 1.54) is 19.5 Å². The normalized spacial score (nSPS) is 18.2. The van der Waals surface area contributed by atoms with Gasteiger partial charge in [0.15, 0.2) is 0 Å². The van der Waals surface area contributed by atoms with E-state index < -0.39 is 23.5 Å². The van der Waals surface area contributed by atoms with Crippen molar-refractivity contribution in [1.29, 1.82) is 0 Å². The monoisotopic (exact) mass is 677 g/mol. The summed E-state index contributed by atoms with van der Waals surface area (Å²) in [4.78, 5) is 55.1. The van der Waals surface area contributed by atoms with Crippen molar-refractivity contribution in [3.05, 3.63) is 42.5 Å². The lowest BCUT2D eigenvalue weighted by Crippen LogP contribution is -2.59. The van der Waals surface area contributed by atoms with Crippen molar-refractivity contribution in [2.24, 2.45) is 5.41 Å². The highest BCUT2D eigenvalue weighted by Crippen LogP contribution is 2.35. The number of nitrogens with one attached hydrogen (secondary N) is 4. The Labute approximate surface area is 287 Å². The van der Waals surface area contributed by atoms with Gasteiger partial charge in [-0.05, 0) is 63.5 Å². The lowest BCUT2D eigenvalue weighted by Gasteiger charge is -2.36. The highest BCUT2D eigenvalue weighted by atomic mass is 19.1. The SMILES string of the molecule is CNC(C)C(=O)NC(C(=O)N1CCCC1C(=O)Nc1cc2c(Nc3ccc(N4CCN(C)CC4)c(F)c3)ncnc2cc1OC)C(C)(C)C. The smallest absolute Gasteiger partial charge is 0.247 e. The van der Waals surface area contributed by atoms with Gasteiger partial charge in [-0.25, -0.2) is 14.4 Å². The Kier molecular flexibility index (Phi) is 10.9. The van der Waals surface area contributed by atoms with Crippen molar-refractivity contribution in [2.45, 2.75) is 58.7 Å². The molecular formula is C35H48FN9O4. The number of anilines is 4. The molecule has 4 N–H and O–H groups in total. The molecule has 2 fully saturated rings. The van der Waals surface area contributed by atoms with Crippen molar-refractivity contribution >= 4 is 51.5 Å². The van der Waals surface area contributed by atoms with E-state index >= 15 is 4.39 Å². The number of likely N-dealkylation sites (N-methyl/N-ethyl adjacent to an activating group) is 2. The molecule has 49 heavy (non-hydrogen) atoms. The third kappa shape index (κ3) is 8.02. The average molecular weight is 678 g/mol. The number of fused-ring (bicyclic) bond motifs is 1. The molecule has 5 rings (SSSR count). The van der Waals surface area contributed by atoms with Crippen LogP contribution in [-0.4, -0.2) is 110 Å². The summed E-state index contributed by atoms with van der Waals surface area (Å²) in [5.74, 6) is -0.505. The van der Waals surface area contributed by atoms with Crippen LogP contribution in [-0.2, 0) is 14.4 Å². The van der Waals surface area contributed by atoms with Gasteiger partial charge in [0.25, 0.3) is 0 Å².